The highest BCUT2D eigenvalue weighted by Gasteiger charge is 2.03. The molecule has 2 aromatic rings. The van der Waals surface area contributed by atoms with Gasteiger partial charge in [-0.3, -0.25) is 0 Å². The summed E-state index contributed by atoms with van der Waals surface area (Å²) in [5.41, 5.74) is 8.54. The highest BCUT2D eigenvalue weighted by atomic mass is 14.9. The van der Waals surface area contributed by atoms with Crippen LogP contribution in [0.1, 0.15) is 11.3 Å². The Morgan fingerprint density at radius 3 is 2.53 bits per heavy atom. The maximum absolute atomic E-state index is 5.56. The first-order valence-corrected chi connectivity index (χ1v) is 4.89. The van der Waals surface area contributed by atoms with Crippen LogP contribution in [0.2, 0.25) is 0 Å². The van der Waals surface area contributed by atoms with E-state index in [-0.39, 0.29) is 0 Å². The lowest BCUT2D eigenvalue weighted by Crippen LogP contribution is -2.03. The SMILES string of the molecule is Cc1nc(-c2ccccc2)ncc1CN. The third kappa shape index (κ3) is 2.02. The molecule has 0 fully saturated rings. The van der Waals surface area contributed by atoms with Gasteiger partial charge in [-0.25, -0.2) is 9.97 Å². The minimum absolute atomic E-state index is 0.487. The van der Waals surface area contributed by atoms with Crippen molar-refractivity contribution in [2.24, 2.45) is 5.73 Å². The first-order valence-electron chi connectivity index (χ1n) is 4.89. The van der Waals surface area contributed by atoms with E-state index in [9.17, 15) is 0 Å². The molecule has 2 N–H and O–H groups in total. The maximum Gasteiger partial charge on any atom is 0.159 e. The van der Waals surface area contributed by atoms with Crippen molar-refractivity contribution in [3.8, 4) is 11.4 Å². The maximum atomic E-state index is 5.56. The number of aromatic nitrogens is 2. The summed E-state index contributed by atoms with van der Waals surface area (Å²) in [5.74, 6) is 0.755. The van der Waals surface area contributed by atoms with Gasteiger partial charge in [0.05, 0.1) is 0 Å². The predicted octanol–water partition coefficient (Wildman–Crippen LogP) is 1.91. The molecule has 0 atom stereocenters. The van der Waals surface area contributed by atoms with Crippen LogP contribution in [-0.2, 0) is 6.54 Å². The van der Waals surface area contributed by atoms with Crippen LogP contribution in [0.4, 0.5) is 0 Å². The van der Waals surface area contributed by atoms with Crippen molar-refractivity contribution in [1.82, 2.24) is 9.97 Å². The number of rotatable bonds is 2. The van der Waals surface area contributed by atoms with Gasteiger partial charge < -0.3 is 5.73 Å². The Kier molecular flexibility index (Phi) is 2.74. The summed E-state index contributed by atoms with van der Waals surface area (Å²) in [7, 11) is 0. The van der Waals surface area contributed by atoms with Crippen molar-refractivity contribution in [2.45, 2.75) is 13.5 Å². The molecule has 0 radical (unpaired) electrons. The molecular weight excluding hydrogens is 186 g/mol. The Labute approximate surface area is 89.0 Å². The van der Waals surface area contributed by atoms with Crippen LogP contribution in [0, 0.1) is 6.92 Å². The van der Waals surface area contributed by atoms with E-state index in [1.807, 2.05) is 37.3 Å². The molecule has 0 aliphatic rings. The van der Waals surface area contributed by atoms with Crippen LogP contribution in [0.25, 0.3) is 11.4 Å². The van der Waals surface area contributed by atoms with Gasteiger partial charge in [-0.05, 0) is 6.92 Å². The van der Waals surface area contributed by atoms with Crippen molar-refractivity contribution < 1.29 is 0 Å². The fourth-order valence-corrected chi connectivity index (χ4v) is 1.42. The zero-order valence-electron chi connectivity index (χ0n) is 8.64. The van der Waals surface area contributed by atoms with E-state index in [2.05, 4.69) is 9.97 Å². The van der Waals surface area contributed by atoms with Crippen LogP contribution in [-0.4, -0.2) is 9.97 Å². The first kappa shape index (κ1) is 9.80. The summed E-state index contributed by atoms with van der Waals surface area (Å²) in [6, 6.07) is 9.92. The average molecular weight is 199 g/mol. The molecule has 0 unspecified atom stereocenters. The number of aryl methyl sites for hydroxylation is 1. The Balaban J connectivity index is 2.43. The van der Waals surface area contributed by atoms with Crippen LogP contribution in [0.15, 0.2) is 36.5 Å². The Bertz CT molecular complexity index is 452. The number of nitrogens with two attached hydrogens (primary N) is 1. The lowest BCUT2D eigenvalue weighted by Gasteiger charge is -2.04. The molecule has 0 amide bonds. The minimum atomic E-state index is 0.487. The Hall–Kier alpha value is -1.74. The molecule has 15 heavy (non-hydrogen) atoms. The van der Waals surface area contributed by atoms with Crippen molar-refractivity contribution in [3.05, 3.63) is 47.8 Å². The molecule has 0 bridgehead atoms. The van der Waals surface area contributed by atoms with Gasteiger partial charge in [0.25, 0.3) is 0 Å². The number of hydrogen-bond acceptors (Lipinski definition) is 3. The molecule has 1 aromatic heterocycles. The summed E-state index contributed by atoms with van der Waals surface area (Å²) in [6.07, 6.45) is 1.80. The Morgan fingerprint density at radius 2 is 1.93 bits per heavy atom. The molecule has 0 spiro atoms. The third-order valence-electron chi connectivity index (χ3n) is 2.33. The molecule has 3 nitrogen and oxygen atoms in total. The summed E-state index contributed by atoms with van der Waals surface area (Å²) in [4.78, 5) is 8.71. The van der Waals surface area contributed by atoms with E-state index in [1.54, 1.807) is 6.20 Å². The lowest BCUT2D eigenvalue weighted by molar-refractivity contribution is 0.973. The van der Waals surface area contributed by atoms with E-state index in [0.717, 1.165) is 22.6 Å². The van der Waals surface area contributed by atoms with Crippen LogP contribution in [0.3, 0.4) is 0 Å². The van der Waals surface area contributed by atoms with Gasteiger partial charge in [0, 0.05) is 29.6 Å². The van der Waals surface area contributed by atoms with Gasteiger partial charge in [0.1, 0.15) is 0 Å². The van der Waals surface area contributed by atoms with Gasteiger partial charge in [0.15, 0.2) is 5.82 Å². The smallest absolute Gasteiger partial charge is 0.159 e. The second kappa shape index (κ2) is 4.19. The van der Waals surface area contributed by atoms with E-state index >= 15 is 0 Å². The lowest BCUT2D eigenvalue weighted by atomic mass is 10.2. The largest absolute Gasteiger partial charge is 0.326 e. The topological polar surface area (TPSA) is 51.8 Å². The molecule has 0 aliphatic carbocycles. The summed E-state index contributed by atoms with van der Waals surface area (Å²) in [6.45, 7) is 2.44. The van der Waals surface area contributed by atoms with Gasteiger partial charge in [-0.2, -0.15) is 0 Å². The highest BCUT2D eigenvalue weighted by Crippen LogP contribution is 2.15. The second-order valence-electron chi connectivity index (χ2n) is 3.37. The van der Waals surface area contributed by atoms with Crippen LogP contribution >= 0.6 is 0 Å². The monoisotopic (exact) mass is 199 g/mol. The summed E-state index contributed by atoms with van der Waals surface area (Å²) in [5, 5.41) is 0. The highest BCUT2D eigenvalue weighted by molar-refractivity contribution is 5.54. The number of nitrogens with zero attached hydrogens (tertiary/aromatic N) is 2. The van der Waals surface area contributed by atoms with Crippen LogP contribution < -0.4 is 5.73 Å². The standard InChI is InChI=1S/C12H13N3/c1-9-11(7-13)8-14-12(15-9)10-5-3-2-4-6-10/h2-6,8H,7,13H2,1H3. The number of benzene rings is 1. The van der Waals surface area contributed by atoms with Crippen molar-refractivity contribution in [1.29, 1.82) is 0 Å². The van der Waals surface area contributed by atoms with Gasteiger partial charge in [-0.1, -0.05) is 30.3 Å². The summed E-state index contributed by atoms with van der Waals surface area (Å²) < 4.78 is 0. The predicted molar refractivity (Wildman–Crippen MR) is 60.1 cm³/mol. The van der Waals surface area contributed by atoms with E-state index < -0.39 is 0 Å². The van der Waals surface area contributed by atoms with Crippen molar-refractivity contribution in [3.63, 3.8) is 0 Å². The van der Waals surface area contributed by atoms with Crippen molar-refractivity contribution >= 4 is 0 Å². The molecule has 1 aromatic carbocycles. The van der Waals surface area contributed by atoms with Gasteiger partial charge in [0.2, 0.25) is 0 Å². The summed E-state index contributed by atoms with van der Waals surface area (Å²) >= 11 is 0. The molecule has 2 rings (SSSR count). The van der Waals surface area contributed by atoms with E-state index in [1.165, 1.54) is 0 Å². The fourth-order valence-electron chi connectivity index (χ4n) is 1.42. The fraction of sp³-hybridized carbons (Fsp3) is 0.167. The molecule has 76 valence electrons. The zero-order chi connectivity index (χ0) is 10.7. The molecule has 1 heterocycles. The normalized spacial score (nSPS) is 10.3. The molecular formula is C12H13N3. The number of hydrogen-bond donors (Lipinski definition) is 1. The minimum Gasteiger partial charge on any atom is -0.326 e. The second-order valence-corrected chi connectivity index (χ2v) is 3.37. The Morgan fingerprint density at radius 1 is 1.20 bits per heavy atom. The molecule has 0 saturated heterocycles. The first-order chi connectivity index (χ1) is 7.31. The van der Waals surface area contributed by atoms with Crippen LogP contribution in [0.5, 0.6) is 0 Å². The van der Waals surface area contributed by atoms with E-state index in [4.69, 9.17) is 5.73 Å². The quantitative estimate of drug-likeness (QED) is 0.803. The molecule has 0 saturated carbocycles. The zero-order valence-corrected chi connectivity index (χ0v) is 8.64. The third-order valence-corrected chi connectivity index (χ3v) is 2.33. The molecule has 3 heteroatoms. The average Bonchev–Trinajstić information content (AvgIpc) is 2.30. The van der Waals surface area contributed by atoms with Crippen molar-refractivity contribution in [2.75, 3.05) is 0 Å². The van der Waals surface area contributed by atoms with Gasteiger partial charge >= 0.3 is 0 Å². The molecule has 0 aliphatic heterocycles. The van der Waals surface area contributed by atoms with E-state index in [0.29, 0.717) is 6.54 Å². The van der Waals surface area contributed by atoms with Gasteiger partial charge in [-0.15, -0.1) is 0 Å².